The van der Waals surface area contributed by atoms with Gasteiger partial charge in [-0.1, -0.05) is 12.1 Å². The maximum Gasteiger partial charge on any atom is 0.407 e. The minimum absolute atomic E-state index is 0.0753. The fraction of sp³-hybridized carbons (Fsp3) is 0.261. The lowest BCUT2D eigenvalue weighted by Gasteiger charge is -2.33. The first kappa shape index (κ1) is 24.1. The number of piperazine rings is 1. The summed E-state index contributed by atoms with van der Waals surface area (Å²) in [5.41, 5.74) is 0.673. The van der Waals surface area contributed by atoms with Gasteiger partial charge in [-0.3, -0.25) is 4.79 Å². The molecule has 1 aliphatic rings. The van der Waals surface area contributed by atoms with E-state index in [1.807, 2.05) is 4.90 Å². The molecule has 0 radical (unpaired) electrons. The van der Waals surface area contributed by atoms with Crippen LogP contribution in [0.3, 0.4) is 0 Å². The number of nitrogens with zero attached hydrogens (tertiary/aromatic N) is 7. The van der Waals surface area contributed by atoms with E-state index < -0.39 is 24.1 Å². The van der Waals surface area contributed by atoms with Gasteiger partial charge in [-0.05, 0) is 23.8 Å². The van der Waals surface area contributed by atoms with Crippen molar-refractivity contribution in [2.45, 2.75) is 13.0 Å². The number of halogens is 2. The summed E-state index contributed by atoms with van der Waals surface area (Å²) in [7, 11) is 0. The van der Waals surface area contributed by atoms with Crippen molar-refractivity contribution in [1.82, 2.24) is 29.3 Å². The van der Waals surface area contributed by atoms with Gasteiger partial charge in [0.15, 0.2) is 11.3 Å². The topological polar surface area (TPSA) is 141 Å². The van der Waals surface area contributed by atoms with Crippen LogP contribution in [0, 0.1) is 0 Å². The van der Waals surface area contributed by atoms with Crippen LogP contribution in [0.1, 0.15) is 28.0 Å². The number of hydrogen-bond acceptors (Lipinski definition) is 7. The Morgan fingerprint density at radius 3 is 2.46 bits per heavy atom. The Bertz CT molecular complexity index is 1440. The smallest absolute Gasteiger partial charge is 0.407 e. The number of rotatable bonds is 6. The average molecular weight is 512 g/mol. The number of amides is 2. The van der Waals surface area contributed by atoms with Gasteiger partial charge in [0, 0.05) is 32.4 Å². The van der Waals surface area contributed by atoms with E-state index in [1.165, 1.54) is 26.5 Å². The Balaban J connectivity index is 1.39. The molecule has 37 heavy (non-hydrogen) atoms. The van der Waals surface area contributed by atoms with Gasteiger partial charge in [-0.15, -0.1) is 0 Å². The first-order chi connectivity index (χ1) is 17.8. The van der Waals surface area contributed by atoms with Crippen LogP contribution in [0.5, 0.6) is 0 Å². The number of aromatic nitrogens is 5. The van der Waals surface area contributed by atoms with Crippen LogP contribution in [0.4, 0.5) is 25.1 Å². The summed E-state index contributed by atoms with van der Waals surface area (Å²) < 4.78 is 30.1. The standard InChI is InChI=1S/C23H22F2N8O4/c24-20(25)19-17(12-33(29-19)15-3-1-14(13-34)2-4-15)27-22(35)16-11-26-32-6-5-18(28-21(16)32)30-7-9-31(10-8-30)23(36)37/h1-6,11-12,20,34H,7-10,13H2,(H,27,35)(H,36,37). The zero-order chi connectivity index (χ0) is 26.1. The Labute approximate surface area is 208 Å². The number of carboxylic acid groups (broad SMARTS) is 1. The molecule has 0 spiro atoms. The molecule has 1 fully saturated rings. The van der Waals surface area contributed by atoms with E-state index in [9.17, 15) is 23.5 Å². The number of alkyl halides is 2. The molecule has 3 N–H and O–H groups in total. The number of hydrogen-bond donors (Lipinski definition) is 3. The van der Waals surface area contributed by atoms with Gasteiger partial charge < -0.3 is 25.3 Å². The number of carbonyl (C=O) groups excluding carboxylic acids is 1. The summed E-state index contributed by atoms with van der Waals surface area (Å²) >= 11 is 0. The van der Waals surface area contributed by atoms with Gasteiger partial charge in [0.2, 0.25) is 0 Å². The second-order valence-corrected chi connectivity index (χ2v) is 8.32. The summed E-state index contributed by atoms with van der Waals surface area (Å²) in [6.07, 6.45) is 0.290. The molecule has 0 unspecified atom stereocenters. The van der Waals surface area contributed by atoms with Gasteiger partial charge in [-0.2, -0.15) is 10.2 Å². The van der Waals surface area contributed by atoms with E-state index in [0.717, 1.165) is 0 Å². The fourth-order valence-electron chi connectivity index (χ4n) is 4.04. The van der Waals surface area contributed by atoms with E-state index >= 15 is 0 Å². The predicted octanol–water partition coefficient (Wildman–Crippen LogP) is 2.40. The summed E-state index contributed by atoms with van der Waals surface area (Å²) in [5, 5.41) is 28.9. The molecule has 0 bridgehead atoms. The third-order valence-electron chi connectivity index (χ3n) is 6.05. The zero-order valence-electron chi connectivity index (χ0n) is 19.3. The highest BCUT2D eigenvalue weighted by Crippen LogP contribution is 2.28. The summed E-state index contributed by atoms with van der Waals surface area (Å²) in [6, 6.07) is 8.22. The Hall–Kier alpha value is -4.59. The zero-order valence-corrected chi connectivity index (χ0v) is 19.3. The van der Waals surface area contributed by atoms with E-state index in [-0.39, 0.29) is 23.5 Å². The van der Waals surface area contributed by atoms with Crippen LogP contribution < -0.4 is 10.2 Å². The van der Waals surface area contributed by atoms with Crippen molar-refractivity contribution in [3.63, 3.8) is 0 Å². The number of anilines is 2. The lowest BCUT2D eigenvalue weighted by atomic mass is 10.2. The van der Waals surface area contributed by atoms with Crippen LogP contribution in [0.2, 0.25) is 0 Å². The van der Waals surface area contributed by atoms with Crippen molar-refractivity contribution in [2.24, 2.45) is 0 Å². The molecule has 4 heterocycles. The minimum Gasteiger partial charge on any atom is -0.465 e. The third kappa shape index (κ3) is 4.78. The number of nitrogens with one attached hydrogen (secondary N) is 1. The molecule has 3 aromatic heterocycles. The first-order valence-corrected chi connectivity index (χ1v) is 11.3. The van der Waals surface area contributed by atoms with Crippen molar-refractivity contribution in [3.8, 4) is 5.69 Å². The van der Waals surface area contributed by atoms with Gasteiger partial charge >= 0.3 is 6.09 Å². The van der Waals surface area contributed by atoms with Crippen LogP contribution in [0.25, 0.3) is 11.3 Å². The number of aliphatic hydroxyl groups excluding tert-OH is 1. The quantitative estimate of drug-likeness (QED) is 0.358. The SMILES string of the molecule is O=C(Nc1cn(-c2ccc(CO)cc2)nc1C(F)F)c1cnn2ccc(N3CCN(C(=O)O)CC3)nc12. The van der Waals surface area contributed by atoms with Crippen molar-refractivity contribution < 1.29 is 28.6 Å². The molecular formula is C23H22F2N8O4. The molecule has 1 saturated heterocycles. The largest absolute Gasteiger partial charge is 0.465 e. The minimum atomic E-state index is -2.94. The number of aliphatic hydroxyl groups is 1. The van der Waals surface area contributed by atoms with Crippen LogP contribution in [0.15, 0.2) is 48.9 Å². The molecule has 14 heteroatoms. The lowest BCUT2D eigenvalue weighted by molar-refractivity contribution is 0.102. The maximum atomic E-state index is 13.7. The Morgan fingerprint density at radius 1 is 1.08 bits per heavy atom. The van der Waals surface area contributed by atoms with Gasteiger partial charge in [0.25, 0.3) is 12.3 Å². The summed E-state index contributed by atoms with van der Waals surface area (Å²) in [5.74, 6) is -0.146. The number of fused-ring (bicyclic) bond motifs is 1. The monoisotopic (exact) mass is 512 g/mol. The Morgan fingerprint density at radius 2 is 1.81 bits per heavy atom. The van der Waals surface area contributed by atoms with Gasteiger partial charge in [-0.25, -0.2) is 27.8 Å². The Kier molecular flexibility index (Phi) is 6.40. The van der Waals surface area contributed by atoms with E-state index in [0.29, 0.717) is 43.2 Å². The van der Waals surface area contributed by atoms with E-state index in [1.54, 1.807) is 36.5 Å². The molecular weight excluding hydrogens is 490 g/mol. The summed E-state index contributed by atoms with van der Waals surface area (Å²) in [4.78, 5) is 32.0. The van der Waals surface area contributed by atoms with Crippen molar-refractivity contribution in [2.75, 3.05) is 36.4 Å². The van der Waals surface area contributed by atoms with Crippen molar-refractivity contribution in [3.05, 3.63) is 65.7 Å². The molecule has 1 aromatic carbocycles. The van der Waals surface area contributed by atoms with Crippen LogP contribution in [-0.4, -0.2) is 77.7 Å². The van der Waals surface area contributed by atoms with Gasteiger partial charge in [0.05, 0.1) is 30.4 Å². The first-order valence-electron chi connectivity index (χ1n) is 11.3. The number of carbonyl (C=O) groups is 2. The molecule has 1 aliphatic heterocycles. The predicted molar refractivity (Wildman–Crippen MR) is 127 cm³/mol. The molecule has 4 aromatic rings. The molecule has 0 saturated carbocycles. The molecule has 0 atom stereocenters. The molecule has 12 nitrogen and oxygen atoms in total. The number of benzene rings is 1. The third-order valence-corrected chi connectivity index (χ3v) is 6.05. The average Bonchev–Trinajstić information content (AvgIpc) is 3.53. The van der Waals surface area contributed by atoms with Crippen LogP contribution in [-0.2, 0) is 6.61 Å². The highest BCUT2D eigenvalue weighted by molar-refractivity contribution is 6.08. The van der Waals surface area contributed by atoms with Gasteiger partial charge in [0.1, 0.15) is 11.4 Å². The lowest BCUT2D eigenvalue weighted by Crippen LogP contribution is -2.48. The summed E-state index contributed by atoms with van der Waals surface area (Å²) in [6.45, 7) is 1.34. The second-order valence-electron chi connectivity index (χ2n) is 8.32. The van der Waals surface area contributed by atoms with E-state index in [4.69, 9.17) is 5.11 Å². The highest BCUT2D eigenvalue weighted by Gasteiger charge is 2.25. The molecule has 0 aliphatic carbocycles. The molecule has 2 amide bonds. The van der Waals surface area contributed by atoms with E-state index in [2.05, 4.69) is 20.5 Å². The molecule has 5 rings (SSSR count). The normalized spacial score (nSPS) is 13.9. The highest BCUT2D eigenvalue weighted by atomic mass is 19.3. The van der Waals surface area contributed by atoms with Crippen molar-refractivity contribution >= 4 is 29.2 Å². The van der Waals surface area contributed by atoms with Crippen molar-refractivity contribution in [1.29, 1.82) is 0 Å². The second kappa shape index (κ2) is 9.81. The fourth-order valence-corrected chi connectivity index (χ4v) is 4.04. The molecule has 192 valence electrons. The van der Waals surface area contributed by atoms with Crippen LogP contribution >= 0.6 is 0 Å². The maximum absolute atomic E-state index is 13.7.